The maximum atomic E-state index is 10.6. The molecule has 2 fully saturated rings. The predicted octanol–water partition coefficient (Wildman–Crippen LogP) is 0.380. The average Bonchev–Trinajstić information content (AvgIpc) is 2.45. The second-order valence-corrected chi connectivity index (χ2v) is 3.73. The van der Waals surface area contributed by atoms with Crippen LogP contribution in [0.5, 0.6) is 0 Å². The molecule has 2 rings (SSSR count). The Bertz CT molecular complexity index is 217. The van der Waals surface area contributed by atoms with Crippen LogP contribution < -0.4 is 0 Å². The van der Waals surface area contributed by atoms with E-state index in [0.717, 1.165) is 6.42 Å². The van der Waals surface area contributed by atoms with Gasteiger partial charge in [-0.2, -0.15) is 0 Å². The Morgan fingerprint density at radius 2 is 2.36 bits per heavy atom. The highest BCUT2D eigenvalue weighted by molar-refractivity contribution is 5.71. The highest BCUT2D eigenvalue weighted by atomic mass is 16.7. The van der Waals surface area contributed by atoms with Gasteiger partial charge in [-0.05, 0) is 6.92 Å². The van der Waals surface area contributed by atoms with Crippen molar-refractivity contribution in [2.45, 2.75) is 44.4 Å². The Kier molecular flexibility index (Phi) is 2.71. The van der Waals surface area contributed by atoms with Gasteiger partial charge in [-0.1, -0.05) is 0 Å². The van der Waals surface area contributed by atoms with E-state index in [1.165, 1.54) is 0 Å². The molecule has 0 spiro atoms. The maximum Gasteiger partial charge on any atom is 0.332 e. The van der Waals surface area contributed by atoms with Crippen LogP contribution in [0, 0.1) is 0 Å². The lowest BCUT2D eigenvalue weighted by Crippen LogP contribution is -2.35. The van der Waals surface area contributed by atoms with Crippen molar-refractivity contribution in [3.63, 3.8) is 0 Å². The zero-order chi connectivity index (χ0) is 10.1. The number of aliphatic carboxylic acids is 1. The van der Waals surface area contributed by atoms with Crippen molar-refractivity contribution >= 4 is 5.97 Å². The van der Waals surface area contributed by atoms with E-state index in [1.807, 2.05) is 0 Å². The Labute approximate surface area is 81.9 Å². The van der Waals surface area contributed by atoms with E-state index in [0.29, 0.717) is 13.0 Å². The van der Waals surface area contributed by atoms with Gasteiger partial charge in [-0.3, -0.25) is 0 Å². The van der Waals surface area contributed by atoms with Crippen LogP contribution >= 0.6 is 0 Å². The lowest BCUT2D eigenvalue weighted by molar-refractivity contribution is -0.167. The summed E-state index contributed by atoms with van der Waals surface area (Å²) in [6.45, 7) is 2.15. The van der Waals surface area contributed by atoms with Gasteiger partial charge in [0.2, 0.25) is 0 Å². The van der Waals surface area contributed by atoms with Gasteiger partial charge in [0.05, 0.1) is 18.8 Å². The van der Waals surface area contributed by atoms with Crippen LogP contribution in [0.4, 0.5) is 0 Å². The monoisotopic (exact) mass is 202 g/mol. The highest BCUT2D eigenvalue weighted by Gasteiger charge is 2.37. The van der Waals surface area contributed by atoms with Crippen LogP contribution in [0.2, 0.25) is 0 Å². The number of ether oxygens (including phenoxy) is 3. The fourth-order valence-electron chi connectivity index (χ4n) is 1.82. The summed E-state index contributed by atoms with van der Waals surface area (Å²) < 4.78 is 16.1. The van der Waals surface area contributed by atoms with Gasteiger partial charge < -0.3 is 19.3 Å². The predicted molar refractivity (Wildman–Crippen MR) is 45.8 cm³/mol. The number of fused-ring (bicyclic) bond motifs is 2. The smallest absolute Gasteiger partial charge is 0.332 e. The second-order valence-electron chi connectivity index (χ2n) is 3.73. The van der Waals surface area contributed by atoms with Gasteiger partial charge in [0.25, 0.3) is 0 Å². The molecular formula is C9H14O5. The van der Waals surface area contributed by atoms with Crippen molar-refractivity contribution in [2.24, 2.45) is 0 Å². The minimum Gasteiger partial charge on any atom is -0.479 e. The van der Waals surface area contributed by atoms with Gasteiger partial charge >= 0.3 is 5.97 Å². The van der Waals surface area contributed by atoms with E-state index in [4.69, 9.17) is 19.3 Å². The number of carboxylic acid groups (broad SMARTS) is 1. The minimum atomic E-state index is -0.926. The molecule has 14 heavy (non-hydrogen) atoms. The Hall–Kier alpha value is -0.650. The second kappa shape index (κ2) is 3.84. The molecule has 2 bridgehead atoms. The molecule has 0 aromatic heterocycles. The third-order valence-electron chi connectivity index (χ3n) is 2.54. The summed E-state index contributed by atoms with van der Waals surface area (Å²) in [5, 5.41) is 8.67. The molecule has 4 unspecified atom stereocenters. The van der Waals surface area contributed by atoms with Crippen molar-refractivity contribution in [1.82, 2.24) is 0 Å². The number of hydrogen-bond donors (Lipinski definition) is 1. The summed E-state index contributed by atoms with van der Waals surface area (Å²) in [4.78, 5) is 10.6. The first-order valence-corrected chi connectivity index (χ1v) is 4.80. The molecule has 0 aromatic carbocycles. The van der Waals surface area contributed by atoms with Crippen LogP contribution in [0.25, 0.3) is 0 Å². The van der Waals surface area contributed by atoms with Gasteiger partial charge in [-0.15, -0.1) is 0 Å². The van der Waals surface area contributed by atoms with E-state index in [-0.39, 0.29) is 18.5 Å². The van der Waals surface area contributed by atoms with Crippen LogP contribution in [-0.4, -0.2) is 42.3 Å². The molecule has 5 nitrogen and oxygen atoms in total. The molecule has 2 heterocycles. The molecule has 80 valence electrons. The van der Waals surface area contributed by atoms with Gasteiger partial charge in [0.1, 0.15) is 0 Å². The first-order valence-electron chi connectivity index (χ1n) is 4.80. The van der Waals surface area contributed by atoms with Crippen LogP contribution in [-0.2, 0) is 19.0 Å². The van der Waals surface area contributed by atoms with E-state index >= 15 is 0 Å². The molecule has 2 saturated heterocycles. The number of carboxylic acids is 1. The third-order valence-corrected chi connectivity index (χ3v) is 2.54. The van der Waals surface area contributed by atoms with E-state index in [1.54, 1.807) is 6.92 Å². The van der Waals surface area contributed by atoms with Crippen LogP contribution in [0.15, 0.2) is 0 Å². The summed E-state index contributed by atoms with van der Waals surface area (Å²) in [7, 11) is 0. The molecular weight excluding hydrogens is 188 g/mol. The van der Waals surface area contributed by atoms with E-state index in [9.17, 15) is 4.79 Å². The molecule has 2 aliphatic heterocycles. The van der Waals surface area contributed by atoms with Crippen molar-refractivity contribution < 1.29 is 24.1 Å². The standard InChI is InChI=1S/C9H14O5/c1-5(9(10)11)13-6-2-7-4-12-8(3-6)14-7/h5-8H,2-4H2,1H3,(H,10,11). The summed E-state index contributed by atoms with van der Waals surface area (Å²) in [5.41, 5.74) is 0. The summed E-state index contributed by atoms with van der Waals surface area (Å²) >= 11 is 0. The number of rotatable bonds is 3. The number of hydrogen-bond acceptors (Lipinski definition) is 4. The van der Waals surface area contributed by atoms with Gasteiger partial charge in [0, 0.05) is 12.8 Å². The lowest BCUT2D eigenvalue weighted by atomic mass is 10.1. The molecule has 0 radical (unpaired) electrons. The zero-order valence-corrected chi connectivity index (χ0v) is 8.01. The van der Waals surface area contributed by atoms with E-state index < -0.39 is 12.1 Å². The van der Waals surface area contributed by atoms with Crippen molar-refractivity contribution in [3.8, 4) is 0 Å². The van der Waals surface area contributed by atoms with Gasteiger partial charge in [0.15, 0.2) is 12.4 Å². The molecule has 0 amide bonds. The quantitative estimate of drug-likeness (QED) is 0.716. The van der Waals surface area contributed by atoms with Crippen molar-refractivity contribution in [1.29, 1.82) is 0 Å². The van der Waals surface area contributed by atoms with E-state index in [2.05, 4.69) is 0 Å². The fraction of sp³-hybridized carbons (Fsp3) is 0.889. The number of carbonyl (C=O) groups is 1. The molecule has 1 N–H and O–H groups in total. The fourth-order valence-corrected chi connectivity index (χ4v) is 1.82. The summed E-state index contributed by atoms with van der Waals surface area (Å²) in [6.07, 6.45) is 0.451. The average molecular weight is 202 g/mol. The normalized spacial score (nSPS) is 38.2. The topological polar surface area (TPSA) is 65.0 Å². The molecule has 0 aromatic rings. The minimum absolute atomic E-state index is 0.0488. The SMILES string of the molecule is CC(OC1CC2COC(C1)O2)C(=O)O. The molecule has 4 atom stereocenters. The Morgan fingerprint density at radius 3 is 3.00 bits per heavy atom. The molecule has 0 aliphatic carbocycles. The molecule has 2 aliphatic rings. The van der Waals surface area contributed by atoms with Gasteiger partial charge in [-0.25, -0.2) is 4.79 Å². The molecule has 0 saturated carbocycles. The first kappa shape index (κ1) is 9.89. The third kappa shape index (κ3) is 2.05. The van der Waals surface area contributed by atoms with Crippen LogP contribution in [0.3, 0.4) is 0 Å². The van der Waals surface area contributed by atoms with Crippen LogP contribution in [0.1, 0.15) is 19.8 Å². The largest absolute Gasteiger partial charge is 0.479 e. The highest BCUT2D eigenvalue weighted by Crippen LogP contribution is 2.29. The van der Waals surface area contributed by atoms with Crippen molar-refractivity contribution in [2.75, 3.05) is 6.61 Å². The zero-order valence-electron chi connectivity index (χ0n) is 8.01. The summed E-state index contributed by atoms with van der Waals surface area (Å²) in [5.74, 6) is -0.926. The Balaban J connectivity index is 1.84. The first-order chi connectivity index (χ1) is 6.65. The molecule has 5 heteroatoms. The lowest BCUT2D eigenvalue weighted by Gasteiger charge is -2.27. The van der Waals surface area contributed by atoms with Crippen molar-refractivity contribution in [3.05, 3.63) is 0 Å². The summed E-state index contributed by atoms with van der Waals surface area (Å²) in [6, 6.07) is 0. The maximum absolute atomic E-state index is 10.6. The Morgan fingerprint density at radius 1 is 1.57 bits per heavy atom.